The van der Waals surface area contributed by atoms with Crippen molar-refractivity contribution in [3.8, 4) is 11.3 Å². The molecule has 90 valence electrons. The highest BCUT2D eigenvalue weighted by Gasteiger charge is 2.16. The Morgan fingerprint density at radius 3 is 2.71 bits per heavy atom. The highest BCUT2D eigenvalue weighted by molar-refractivity contribution is 6.30. The largest absolute Gasteiger partial charge is 0.382 e. The topological polar surface area (TPSA) is 54.7 Å². The summed E-state index contributed by atoms with van der Waals surface area (Å²) in [5, 5.41) is 6.90. The number of aromatic amines is 1. The SMILES string of the molecule is CC(C)c1c(N)n[nH]c1-c1ccc(Cl)c(F)c1. The van der Waals surface area contributed by atoms with Crippen LogP contribution in [0.3, 0.4) is 0 Å². The van der Waals surface area contributed by atoms with Crippen LogP contribution in [0.1, 0.15) is 25.3 Å². The van der Waals surface area contributed by atoms with Gasteiger partial charge in [-0.25, -0.2) is 4.39 Å². The first kappa shape index (κ1) is 11.9. The van der Waals surface area contributed by atoms with Gasteiger partial charge in [-0.15, -0.1) is 0 Å². The van der Waals surface area contributed by atoms with Crippen molar-refractivity contribution in [2.45, 2.75) is 19.8 Å². The van der Waals surface area contributed by atoms with Crippen LogP contribution in [-0.4, -0.2) is 10.2 Å². The second-order valence-corrected chi connectivity index (χ2v) is 4.59. The molecule has 2 rings (SSSR count). The van der Waals surface area contributed by atoms with E-state index in [1.807, 2.05) is 13.8 Å². The van der Waals surface area contributed by atoms with E-state index in [4.69, 9.17) is 17.3 Å². The minimum atomic E-state index is -0.452. The second kappa shape index (κ2) is 4.37. The molecule has 0 aliphatic heterocycles. The lowest BCUT2D eigenvalue weighted by Gasteiger charge is -2.07. The number of nitrogens with one attached hydrogen (secondary N) is 1. The molecule has 17 heavy (non-hydrogen) atoms. The van der Waals surface area contributed by atoms with Crippen LogP contribution in [0.25, 0.3) is 11.3 Å². The van der Waals surface area contributed by atoms with Crippen LogP contribution in [0, 0.1) is 5.82 Å². The van der Waals surface area contributed by atoms with E-state index >= 15 is 0 Å². The lowest BCUT2D eigenvalue weighted by molar-refractivity contribution is 0.628. The van der Waals surface area contributed by atoms with Crippen LogP contribution in [0.4, 0.5) is 10.2 Å². The molecule has 0 bridgehead atoms. The Balaban J connectivity index is 2.56. The monoisotopic (exact) mass is 253 g/mol. The summed E-state index contributed by atoms with van der Waals surface area (Å²) in [6, 6.07) is 4.64. The standard InChI is InChI=1S/C12H13ClFN3/c1-6(2)10-11(16-17-12(10)15)7-3-4-8(13)9(14)5-7/h3-6H,1-2H3,(H3,15,16,17). The van der Waals surface area contributed by atoms with Gasteiger partial charge in [0.15, 0.2) is 0 Å². The predicted octanol–water partition coefficient (Wildman–Crippen LogP) is 3.57. The van der Waals surface area contributed by atoms with Crippen molar-refractivity contribution in [2.75, 3.05) is 5.73 Å². The molecule has 2 aromatic rings. The van der Waals surface area contributed by atoms with Crippen molar-refractivity contribution in [3.63, 3.8) is 0 Å². The van der Waals surface area contributed by atoms with Gasteiger partial charge in [0.2, 0.25) is 0 Å². The van der Waals surface area contributed by atoms with Gasteiger partial charge < -0.3 is 5.73 Å². The Labute approximate surface area is 104 Å². The van der Waals surface area contributed by atoms with Crippen molar-refractivity contribution < 1.29 is 4.39 Å². The second-order valence-electron chi connectivity index (χ2n) is 4.18. The van der Waals surface area contributed by atoms with Crippen LogP contribution in [0.2, 0.25) is 5.02 Å². The number of rotatable bonds is 2. The summed E-state index contributed by atoms with van der Waals surface area (Å²) < 4.78 is 13.4. The average Bonchev–Trinajstić information content (AvgIpc) is 2.64. The molecule has 1 heterocycles. The van der Waals surface area contributed by atoms with E-state index in [0.29, 0.717) is 11.4 Å². The summed E-state index contributed by atoms with van der Waals surface area (Å²) in [4.78, 5) is 0. The maximum atomic E-state index is 13.4. The number of benzene rings is 1. The van der Waals surface area contributed by atoms with E-state index in [2.05, 4.69) is 10.2 Å². The molecule has 5 heteroatoms. The third-order valence-corrected chi connectivity index (χ3v) is 2.93. The molecule has 1 aromatic heterocycles. The van der Waals surface area contributed by atoms with Crippen molar-refractivity contribution in [1.29, 1.82) is 0 Å². The maximum absolute atomic E-state index is 13.4. The smallest absolute Gasteiger partial charge is 0.149 e. The Hall–Kier alpha value is -1.55. The lowest BCUT2D eigenvalue weighted by atomic mass is 9.99. The van der Waals surface area contributed by atoms with Crippen LogP contribution in [-0.2, 0) is 0 Å². The minimum Gasteiger partial charge on any atom is -0.382 e. The zero-order valence-corrected chi connectivity index (χ0v) is 10.3. The zero-order chi connectivity index (χ0) is 12.6. The molecular weight excluding hydrogens is 241 g/mol. The van der Waals surface area contributed by atoms with E-state index in [9.17, 15) is 4.39 Å². The van der Waals surface area contributed by atoms with E-state index in [-0.39, 0.29) is 10.9 Å². The molecule has 0 radical (unpaired) electrons. The van der Waals surface area contributed by atoms with E-state index in [1.54, 1.807) is 6.07 Å². The van der Waals surface area contributed by atoms with Crippen LogP contribution in [0.15, 0.2) is 18.2 Å². The van der Waals surface area contributed by atoms with Gasteiger partial charge in [-0.3, -0.25) is 5.10 Å². The van der Waals surface area contributed by atoms with Crippen LogP contribution in [0.5, 0.6) is 0 Å². The fraction of sp³-hybridized carbons (Fsp3) is 0.250. The maximum Gasteiger partial charge on any atom is 0.149 e. The highest BCUT2D eigenvalue weighted by Crippen LogP contribution is 2.32. The summed E-state index contributed by atoms with van der Waals surface area (Å²) in [6.07, 6.45) is 0. The van der Waals surface area contributed by atoms with E-state index < -0.39 is 5.82 Å². The molecular formula is C12H13ClFN3. The van der Waals surface area contributed by atoms with Crippen molar-refractivity contribution in [2.24, 2.45) is 0 Å². The Morgan fingerprint density at radius 2 is 2.12 bits per heavy atom. The summed E-state index contributed by atoms with van der Waals surface area (Å²) in [7, 11) is 0. The number of H-pyrrole nitrogens is 1. The third-order valence-electron chi connectivity index (χ3n) is 2.62. The first-order valence-corrected chi connectivity index (χ1v) is 5.67. The van der Waals surface area contributed by atoms with Crippen LogP contribution < -0.4 is 5.73 Å². The van der Waals surface area contributed by atoms with Crippen molar-refractivity contribution in [1.82, 2.24) is 10.2 Å². The zero-order valence-electron chi connectivity index (χ0n) is 9.59. The van der Waals surface area contributed by atoms with Gasteiger partial charge in [0.25, 0.3) is 0 Å². The van der Waals surface area contributed by atoms with Gasteiger partial charge >= 0.3 is 0 Å². The van der Waals surface area contributed by atoms with Gasteiger partial charge in [-0.05, 0) is 18.1 Å². The number of halogens is 2. The molecule has 0 spiro atoms. The number of hydrogen-bond donors (Lipinski definition) is 2. The molecule has 0 atom stereocenters. The predicted molar refractivity (Wildman–Crippen MR) is 67.5 cm³/mol. The Morgan fingerprint density at radius 1 is 1.41 bits per heavy atom. The third kappa shape index (κ3) is 2.13. The normalized spacial score (nSPS) is 11.1. The molecule has 0 aliphatic carbocycles. The van der Waals surface area contributed by atoms with Gasteiger partial charge in [0, 0.05) is 11.1 Å². The molecule has 0 amide bonds. The first-order chi connectivity index (χ1) is 8.00. The van der Waals surface area contributed by atoms with Gasteiger partial charge in [0.05, 0.1) is 10.7 Å². The molecule has 0 saturated heterocycles. The number of aromatic nitrogens is 2. The highest BCUT2D eigenvalue weighted by atomic mass is 35.5. The number of nitrogens with zero attached hydrogens (tertiary/aromatic N) is 1. The summed E-state index contributed by atoms with van der Waals surface area (Å²) in [5.41, 5.74) is 8.12. The Bertz CT molecular complexity index is 549. The van der Waals surface area contributed by atoms with Gasteiger partial charge in [-0.1, -0.05) is 31.5 Å². The van der Waals surface area contributed by atoms with Gasteiger partial charge in [0.1, 0.15) is 11.6 Å². The van der Waals surface area contributed by atoms with E-state index in [1.165, 1.54) is 12.1 Å². The van der Waals surface area contributed by atoms with Crippen LogP contribution >= 0.6 is 11.6 Å². The lowest BCUT2D eigenvalue weighted by Crippen LogP contribution is -1.95. The fourth-order valence-electron chi connectivity index (χ4n) is 1.82. The van der Waals surface area contributed by atoms with Gasteiger partial charge in [-0.2, -0.15) is 5.10 Å². The number of anilines is 1. The molecule has 0 saturated carbocycles. The number of hydrogen-bond acceptors (Lipinski definition) is 2. The summed E-state index contributed by atoms with van der Waals surface area (Å²) >= 11 is 5.65. The quantitative estimate of drug-likeness (QED) is 0.860. The molecule has 3 N–H and O–H groups in total. The van der Waals surface area contributed by atoms with Crippen molar-refractivity contribution >= 4 is 17.4 Å². The molecule has 0 fully saturated rings. The summed E-state index contributed by atoms with van der Waals surface area (Å²) in [6.45, 7) is 4.02. The number of nitrogens with two attached hydrogens (primary N) is 1. The summed E-state index contributed by atoms with van der Waals surface area (Å²) in [5.74, 6) is 0.208. The van der Waals surface area contributed by atoms with E-state index in [0.717, 1.165) is 11.3 Å². The number of nitrogen functional groups attached to an aromatic ring is 1. The molecule has 1 aromatic carbocycles. The molecule has 3 nitrogen and oxygen atoms in total. The minimum absolute atomic E-state index is 0.104. The first-order valence-electron chi connectivity index (χ1n) is 5.30. The fourth-order valence-corrected chi connectivity index (χ4v) is 1.94. The van der Waals surface area contributed by atoms with Crippen molar-refractivity contribution in [3.05, 3.63) is 34.6 Å². The molecule has 0 aliphatic rings. The Kier molecular flexibility index (Phi) is 3.07. The molecule has 0 unspecified atom stereocenters. The average molecular weight is 254 g/mol.